The molecular weight excluding hydrogens is 248 g/mol. The number of thiophene rings is 1. The van der Waals surface area contributed by atoms with E-state index in [0.29, 0.717) is 25.6 Å². The number of hydrogen-bond acceptors (Lipinski definition) is 5. The molecule has 0 aromatic carbocycles. The molecule has 2 aromatic rings. The van der Waals surface area contributed by atoms with Crippen molar-refractivity contribution in [3.63, 3.8) is 0 Å². The van der Waals surface area contributed by atoms with E-state index < -0.39 is 0 Å². The largest absolute Gasteiger partial charge is 0.396 e. The smallest absolute Gasteiger partial charge is 0.0965 e. The van der Waals surface area contributed by atoms with Crippen molar-refractivity contribution in [3.8, 4) is 0 Å². The molecular formula is C12H18N4OS. The maximum Gasteiger partial charge on any atom is 0.0965 e. The van der Waals surface area contributed by atoms with Crippen molar-refractivity contribution in [2.24, 2.45) is 0 Å². The van der Waals surface area contributed by atoms with Crippen LogP contribution in [0.4, 0.5) is 0 Å². The minimum absolute atomic E-state index is 0.183. The molecule has 0 radical (unpaired) electrons. The summed E-state index contributed by atoms with van der Waals surface area (Å²) in [5.41, 5.74) is 0.927. The lowest BCUT2D eigenvalue weighted by Crippen LogP contribution is -2.17. The molecule has 0 spiro atoms. The van der Waals surface area contributed by atoms with E-state index >= 15 is 0 Å². The lowest BCUT2D eigenvalue weighted by molar-refractivity contribution is 0.276. The van der Waals surface area contributed by atoms with E-state index in [1.54, 1.807) is 16.0 Å². The molecule has 2 rings (SSSR count). The van der Waals surface area contributed by atoms with Gasteiger partial charge in [0.15, 0.2) is 0 Å². The predicted molar refractivity (Wildman–Crippen MR) is 71.3 cm³/mol. The molecule has 5 nitrogen and oxygen atoms in total. The van der Waals surface area contributed by atoms with E-state index in [2.05, 4.69) is 40.1 Å². The minimum Gasteiger partial charge on any atom is -0.396 e. The van der Waals surface area contributed by atoms with Crippen molar-refractivity contribution >= 4 is 11.3 Å². The van der Waals surface area contributed by atoms with Crippen LogP contribution in [0.25, 0.3) is 0 Å². The number of aryl methyl sites for hydroxylation is 1. The molecule has 1 atom stereocenters. The quantitative estimate of drug-likeness (QED) is 0.798. The first-order valence-corrected chi connectivity index (χ1v) is 6.94. The molecule has 0 aliphatic rings. The van der Waals surface area contributed by atoms with Crippen LogP contribution in [0.2, 0.25) is 0 Å². The van der Waals surface area contributed by atoms with Crippen molar-refractivity contribution in [2.75, 3.05) is 6.61 Å². The average Bonchev–Trinajstić information content (AvgIpc) is 3.04. The molecule has 0 fully saturated rings. The van der Waals surface area contributed by atoms with Crippen molar-refractivity contribution in [2.45, 2.75) is 32.5 Å². The number of aromatic nitrogens is 3. The van der Waals surface area contributed by atoms with Gasteiger partial charge >= 0.3 is 0 Å². The number of aliphatic hydroxyl groups excluding tert-OH is 1. The monoisotopic (exact) mass is 266 g/mol. The minimum atomic E-state index is 0.183. The van der Waals surface area contributed by atoms with Crippen molar-refractivity contribution < 1.29 is 5.11 Å². The highest BCUT2D eigenvalue weighted by molar-refractivity contribution is 7.10. The zero-order valence-electron chi connectivity index (χ0n) is 10.4. The van der Waals surface area contributed by atoms with Gasteiger partial charge in [0.25, 0.3) is 0 Å². The van der Waals surface area contributed by atoms with Crippen LogP contribution in [-0.4, -0.2) is 26.7 Å². The van der Waals surface area contributed by atoms with E-state index in [1.807, 2.05) is 6.20 Å². The topological polar surface area (TPSA) is 63.0 Å². The van der Waals surface area contributed by atoms with Crippen LogP contribution in [0.15, 0.2) is 23.7 Å². The molecule has 0 bridgehead atoms. The fraction of sp³-hybridized carbons (Fsp3) is 0.500. The van der Waals surface area contributed by atoms with Crippen molar-refractivity contribution in [3.05, 3.63) is 34.3 Å². The summed E-state index contributed by atoms with van der Waals surface area (Å²) in [6, 6.07) is 4.51. The molecule has 0 aliphatic heterocycles. The van der Waals surface area contributed by atoms with Gasteiger partial charge in [0, 0.05) is 36.8 Å². The average molecular weight is 266 g/mol. The molecule has 0 amide bonds. The first kappa shape index (κ1) is 13.2. The third-order valence-corrected chi connectivity index (χ3v) is 3.75. The second kappa shape index (κ2) is 6.63. The summed E-state index contributed by atoms with van der Waals surface area (Å²) in [6.45, 7) is 3.74. The van der Waals surface area contributed by atoms with Crippen molar-refractivity contribution in [1.29, 1.82) is 0 Å². The van der Waals surface area contributed by atoms with Crippen LogP contribution in [-0.2, 0) is 13.1 Å². The van der Waals surface area contributed by atoms with E-state index in [4.69, 9.17) is 5.11 Å². The summed E-state index contributed by atoms with van der Waals surface area (Å²) < 4.78 is 1.77. The van der Waals surface area contributed by atoms with Crippen LogP contribution in [0, 0.1) is 0 Å². The molecule has 2 N–H and O–H groups in total. The Kier molecular flexibility index (Phi) is 4.86. The number of nitrogens with one attached hydrogen (secondary N) is 1. The standard InChI is InChI=1S/C12H18N4OS/c1-10(12-4-2-7-18-12)13-8-11-9-16(15-14-11)5-3-6-17/h2,4,7,9-10,13,17H,3,5-6,8H2,1H3/t10-/m1/s1. The van der Waals surface area contributed by atoms with Crippen LogP contribution in [0.3, 0.4) is 0 Å². The Morgan fingerprint density at radius 3 is 3.17 bits per heavy atom. The zero-order chi connectivity index (χ0) is 12.8. The Morgan fingerprint density at radius 2 is 2.44 bits per heavy atom. The number of nitrogens with zero attached hydrogens (tertiary/aromatic N) is 3. The normalized spacial score (nSPS) is 12.8. The van der Waals surface area contributed by atoms with Crippen LogP contribution < -0.4 is 5.32 Å². The molecule has 18 heavy (non-hydrogen) atoms. The van der Waals surface area contributed by atoms with Gasteiger partial charge in [0.1, 0.15) is 0 Å². The van der Waals surface area contributed by atoms with Gasteiger partial charge in [-0.2, -0.15) is 0 Å². The molecule has 6 heteroatoms. The highest BCUT2D eigenvalue weighted by Gasteiger charge is 2.07. The summed E-state index contributed by atoms with van der Waals surface area (Å²) in [5, 5.41) is 22.3. The van der Waals surface area contributed by atoms with Gasteiger partial charge in [-0.15, -0.1) is 16.4 Å². The van der Waals surface area contributed by atoms with E-state index in [0.717, 1.165) is 5.69 Å². The third kappa shape index (κ3) is 3.63. The summed E-state index contributed by atoms with van der Waals surface area (Å²) >= 11 is 1.75. The number of rotatable bonds is 7. The maximum absolute atomic E-state index is 8.74. The predicted octanol–water partition coefficient (Wildman–Crippen LogP) is 1.57. The summed E-state index contributed by atoms with van der Waals surface area (Å²) in [4.78, 5) is 1.32. The van der Waals surface area contributed by atoms with Gasteiger partial charge in [0.05, 0.1) is 5.69 Å². The Bertz CT molecular complexity index is 454. The molecule has 2 aromatic heterocycles. The number of aliphatic hydroxyl groups is 1. The molecule has 0 saturated heterocycles. The molecule has 2 heterocycles. The third-order valence-electron chi connectivity index (χ3n) is 2.69. The lowest BCUT2D eigenvalue weighted by atomic mass is 10.2. The van der Waals surface area contributed by atoms with Gasteiger partial charge in [-0.25, -0.2) is 0 Å². The van der Waals surface area contributed by atoms with E-state index in [1.165, 1.54) is 4.88 Å². The summed E-state index contributed by atoms with van der Waals surface area (Å²) in [5.74, 6) is 0. The van der Waals surface area contributed by atoms with Crippen LogP contribution in [0.5, 0.6) is 0 Å². The Labute approximate surface area is 110 Å². The maximum atomic E-state index is 8.74. The highest BCUT2D eigenvalue weighted by Crippen LogP contribution is 2.18. The Balaban J connectivity index is 1.81. The zero-order valence-corrected chi connectivity index (χ0v) is 11.2. The van der Waals surface area contributed by atoms with E-state index in [9.17, 15) is 0 Å². The fourth-order valence-electron chi connectivity index (χ4n) is 1.66. The first-order chi connectivity index (χ1) is 8.79. The summed E-state index contributed by atoms with van der Waals surface area (Å²) in [6.07, 6.45) is 2.63. The summed E-state index contributed by atoms with van der Waals surface area (Å²) in [7, 11) is 0. The number of hydrogen-bond donors (Lipinski definition) is 2. The Hall–Kier alpha value is -1.24. The Morgan fingerprint density at radius 1 is 1.56 bits per heavy atom. The highest BCUT2D eigenvalue weighted by atomic mass is 32.1. The van der Waals surface area contributed by atoms with Crippen molar-refractivity contribution in [1.82, 2.24) is 20.3 Å². The van der Waals surface area contributed by atoms with Gasteiger partial charge in [0.2, 0.25) is 0 Å². The molecule has 0 aliphatic carbocycles. The van der Waals surface area contributed by atoms with Gasteiger partial charge in [-0.1, -0.05) is 11.3 Å². The molecule has 98 valence electrons. The molecule has 0 saturated carbocycles. The molecule has 0 unspecified atom stereocenters. The SMILES string of the molecule is C[C@@H](NCc1cn(CCCO)nn1)c1cccs1. The van der Waals surface area contributed by atoms with Gasteiger partial charge < -0.3 is 10.4 Å². The van der Waals surface area contributed by atoms with Gasteiger partial charge in [-0.3, -0.25) is 4.68 Å². The van der Waals surface area contributed by atoms with Crippen LogP contribution >= 0.6 is 11.3 Å². The van der Waals surface area contributed by atoms with Gasteiger partial charge in [-0.05, 0) is 24.8 Å². The second-order valence-electron chi connectivity index (χ2n) is 4.17. The fourth-order valence-corrected chi connectivity index (χ4v) is 2.42. The van der Waals surface area contributed by atoms with Crippen LogP contribution in [0.1, 0.15) is 30.0 Å². The lowest BCUT2D eigenvalue weighted by Gasteiger charge is -2.09. The van der Waals surface area contributed by atoms with E-state index in [-0.39, 0.29) is 6.61 Å². The second-order valence-corrected chi connectivity index (χ2v) is 5.15. The first-order valence-electron chi connectivity index (χ1n) is 6.06.